The highest BCUT2D eigenvalue weighted by Crippen LogP contribution is 2.39. The molecular weight excluding hydrogens is 296 g/mol. The third kappa shape index (κ3) is 3.79. The van der Waals surface area contributed by atoms with Crippen LogP contribution in [0.4, 0.5) is 11.4 Å². The SMILES string of the molecule is CC1(C)CCCC1Nc1ccc(NS(C)(=O)=O)c(Cl)c1. The predicted octanol–water partition coefficient (Wildman–Crippen LogP) is 3.70. The van der Waals surface area contributed by atoms with Gasteiger partial charge in [0.1, 0.15) is 0 Å². The number of sulfonamides is 1. The van der Waals surface area contributed by atoms with Gasteiger partial charge in [0.15, 0.2) is 0 Å². The summed E-state index contributed by atoms with van der Waals surface area (Å²) in [6.45, 7) is 4.53. The smallest absolute Gasteiger partial charge is 0.229 e. The first-order valence-corrected chi connectivity index (χ1v) is 8.98. The van der Waals surface area contributed by atoms with Crippen molar-refractivity contribution in [2.75, 3.05) is 16.3 Å². The van der Waals surface area contributed by atoms with E-state index in [0.29, 0.717) is 16.8 Å². The van der Waals surface area contributed by atoms with E-state index in [1.54, 1.807) is 12.1 Å². The molecule has 0 amide bonds. The van der Waals surface area contributed by atoms with E-state index in [9.17, 15) is 8.42 Å². The average Bonchev–Trinajstić information content (AvgIpc) is 2.61. The van der Waals surface area contributed by atoms with Crippen molar-refractivity contribution in [3.05, 3.63) is 23.2 Å². The molecule has 1 unspecified atom stereocenters. The molecule has 0 aliphatic heterocycles. The van der Waals surface area contributed by atoms with Crippen LogP contribution < -0.4 is 10.0 Å². The Morgan fingerprint density at radius 2 is 2.05 bits per heavy atom. The van der Waals surface area contributed by atoms with Crippen molar-refractivity contribution >= 4 is 33.0 Å². The second-order valence-corrected chi connectivity index (χ2v) is 8.30. The van der Waals surface area contributed by atoms with Gasteiger partial charge < -0.3 is 5.32 Å². The maximum atomic E-state index is 11.2. The van der Waals surface area contributed by atoms with E-state index in [1.165, 1.54) is 12.8 Å². The zero-order chi connectivity index (χ0) is 15.0. The van der Waals surface area contributed by atoms with E-state index in [-0.39, 0.29) is 5.41 Å². The van der Waals surface area contributed by atoms with E-state index in [0.717, 1.165) is 18.4 Å². The summed E-state index contributed by atoms with van der Waals surface area (Å²) in [5.74, 6) is 0. The third-order valence-corrected chi connectivity index (χ3v) is 4.77. The number of hydrogen-bond donors (Lipinski definition) is 2. The van der Waals surface area contributed by atoms with Crippen LogP contribution in [-0.2, 0) is 10.0 Å². The molecular formula is C14H21ClN2O2S. The molecule has 1 aliphatic carbocycles. The summed E-state index contributed by atoms with van der Waals surface area (Å²) in [4.78, 5) is 0. The summed E-state index contributed by atoms with van der Waals surface area (Å²) in [5.41, 5.74) is 1.61. The second kappa shape index (κ2) is 5.45. The maximum Gasteiger partial charge on any atom is 0.229 e. The molecule has 1 aromatic rings. The van der Waals surface area contributed by atoms with Crippen molar-refractivity contribution in [3.63, 3.8) is 0 Å². The molecule has 112 valence electrons. The van der Waals surface area contributed by atoms with Gasteiger partial charge >= 0.3 is 0 Å². The van der Waals surface area contributed by atoms with Crippen LogP contribution in [-0.4, -0.2) is 20.7 Å². The fourth-order valence-corrected chi connectivity index (χ4v) is 3.54. The van der Waals surface area contributed by atoms with Gasteiger partial charge in [-0.15, -0.1) is 0 Å². The Labute approximate surface area is 126 Å². The van der Waals surface area contributed by atoms with Crippen molar-refractivity contribution in [1.82, 2.24) is 0 Å². The van der Waals surface area contributed by atoms with Crippen LogP contribution in [0.25, 0.3) is 0 Å². The summed E-state index contributed by atoms with van der Waals surface area (Å²) in [7, 11) is -3.31. The second-order valence-electron chi connectivity index (χ2n) is 6.15. The van der Waals surface area contributed by atoms with E-state index in [4.69, 9.17) is 11.6 Å². The first-order chi connectivity index (χ1) is 9.17. The van der Waals surface area contributed by atoms with Crippen LogP contribution in [0.2, 0.25) is 5.02 Å². The Bertz CT molecular complexity index is 599. The van der Waals surface area contributed by atoms with Crippen molar-refractivity contribution < 1.29 is 8.42 Å². The molecule has 0 radical (unpaired) electrons. The molecule has 0 saturated heterocycles. The topological polar surface area (TPSA) is 58.2 Å². The summed E-state index contributed by atoms with van der Waals surface area (Å²) in [6.07, 6.45) is 4.70. The monoisotopic (exact) mass is 316 g/mol. The number of anilines is 2. The van der Waals surface area contributed by atoms with E-state index in [1.807, 2.05) is 6.07 Å². The normalized spacial score (nSPS) is 21.7. The lowest BCUT2D eigenvalue weighted by Gasteiger charge is -2.29. The molecule has 4 nitrogen and oxygen atoms in total. The fourth-order valence-electron chi connectivity index (χ4n) is 2.68. The lowest BCUT2D eigenvalue weighted by Crippen LogP contribution is -2.30. The Hall–Kier alpha value is -0.940. The van der Waals surface area contributed by atoms with Crippen molar-refractivity contribution in [3.8, 4) is 0 Å². The van der Waals surface area contributed by atoms with Gasteiger partial charge in [-0.1, -0.05) is 31.9 Å². The molecule has 20 heavy (non-hydrogen) atoms. The molecule has 2 rings (SSSR count). The van der Waals surface area contributed by atoms with E-state index < -0.39 is 10.0 Å². The first kappa shape index (κ1) is 15.4. The molecule has 6 heteroatoms. The first-order valence-electron chi connectivity index (χ1n) is 6.71. The van der Waals surface area contributed by atoms with E-state index in [2.05, 4.69) is 23.9 Å². The Morgan fingerprint density at radius 1 is 1.35 bits per heavy atom. The molecule has 1 fully saturated rings. The predicted molar refractivity (Wildman–Crippen MR) is 85.0 cm³/mol. The van der Waals surface area contributed by atoms with Crippen LogP contribution in [0, 0.1) is 5.41 Å². The molecule has 1 aliphatic rings. The molecule has 0 aromatic heterocycles. The Kier molecular flexibility index (Phi) is 4.21. The maximum absolute atomic E-state index is 11.2. The molecule has 1 saturated carbocycles. The van der Waals surface area contributed by atoms with Gasteiger partial charge in [-0.2, -0.15) is 0 Å². The van der Waals surface area contributed by atoms with Gasteiger partial charge in [-0.25, -0.2) is 8.42 Å². The molecule has 1 atom stereocenters. The zero-order valence-corrected chi connectivity index (χ0v) is 13.6. The van der Waals surface area contributed by atoms with Gasteiger partial charge in [-0.05, 0) is 36.5 Å². The van der Waals surface area contributed by atoms with Crippen LogP contribution >= 0.6 is 11.6 Å². The fraction of sp³-hybridized carbons (Fsp3) is 0.571. The number of rotatable bonds is 4. The van der Waals surface area contributed by atoms with Crippen LogP contribution in [0.1, 0.15) is 33.1 Å². The summed E-state index contributed by atoms with van der Waals surface area (Å²) in [6, 6.07) is 5.73. The Morgan fingerprint density at radius 3 is 2.55 bits per heavy atom. The standard InChI is InChI=1S/C14H21ClN2O2S/c1-14(2)8-4-5-13(14)16-10-6-7-12(11(15)9-10)17-20(3,18)19/h6-7,9,13,16-17H,4-5,8H2,1-3H3. The number of hydrogen-bond acceptors (Lipinski definition) is 3. The summed E-state index contributed by atoms with van der Waals surface area (Å²) >= 11 is 6.13. The van der Waals surface area contributed by atoms with Gasteiger partial charge in [0, 0.05) is 11.7 Å². The van der Waals surface area contributed by atoms with Crippen LogP contribution in [0.5, 0.6) is 0 Å². The van der Waals surface area contributed by atoms with Gasteiger partial charge in [0.25, 0.3) is 0 Å². The molecule has 0 spiro atoms. The van der Waals surface area contributed by atoms with Crippen LogP contribution in [0.3, 0.4) is 0 Å². The minimum atomic E-state index is -3.31. The molecule has 1 aromatic carbocycles. The lowest BCUT2D eigenvalue weighted by atomic mass is 9.87. The van der Waals surface area contributed by atoms with Crippen molar-refractivity contribution in [2.45, 2.75) is 39.2 Å². The largest absolute Gasteiger partial charge is 0.382 e. The number of halogens is 1. The highest BCUT2D eigenvalue weighted by Gasteiger charge is 2.34. The molecule has 0 heterocycles. The summed E-state index contributed by atoms with van der Waals surface area (Å²) in [5, 5.41) is 3.90. The summed E-state index contributed by atoms with van der Waals surface area (Å²) < 4.78 is 24.8. The Balaban J connectivity index is 2.13. The minimum Gasteiger partial charge on any atom is -0.382 e. The minimum absolute atomic E-state index is 0.274. The number of nitrogens with one attached hydrogen (secondary N) is 2. The van der Waals surface area contributed by atoms with E-state index >= 15 is 0 Å². The van der Waals surface area contributed by atoms with Crippen LogP contribution in [0.15, 0.2) is 18.2 Å². The van der Waals surface area contributed by atoms with Crippen molar-refractivity contribution in [2.24, 2.45) is 5.41 Å². The lowest BCUT2D eigenvalue weighted by molar-refractivity contribution is 0.350. The highest BCUT2D eigenvalue weighted by molar-refractivity contribution is 7.92. The molecule has 0 bridgehead atoms. The van der Waals surface area contributed by atoms with Gasteiger partial charge in [0.05, 0.1) is 17.0 Å². The van der Waals surface area contributed by atoms with Gasteiger partial charge in [0.2, 0.25) is 10.0 Å². The third-order valence-electron chi connectivity index (χ3n) is 3.86. The molecule has 2 N–H and O–H groups in total. The average molecular weight is 317 g/mol. The zero-order valence-electron chi connectivity index (χ0n) is 12.0. The number of benzene rings is 1. The highest BCUT2D eigenvalue weighted by atomic mass is 35.5. The van der Waals surface area contributed by atoms with Gasteiger partial charge in [-0.3, -0.25) is 4.72 Å². The quantitative estimate of drug-likeness (QED) is 0.890. The van der Waals surface area contributed by atoms with Crippen molar-refractivity contribution in [1.29, 1.82) is 0 Å².